The highest BCUT2D eigenvalue weighted by molar-refractivity contribution is 8.18. The molecule has 1 saturated heterocycles. The van der Waals surface area contributed by atoms with Crippen LogP contribution >= 0.6 is 11.8 Å². The Morgan fingerprint density at radius 2 is 1.86 bits per heavy atom. The number of thioether (sulfide) groups is 1. The number of carboxylic acid groups (broad SMARTS) is 1. The third kappa shape index (κ3) is 4.92. The number of amides is 1. The molecular weight excluding hydrogens is 380 g/mol. The zero-order valence-corrected chi connectivity index (χ0v) is 15.8. The van der Waals surface area contributed by atoms with Gasteiger partial charge in [0, 0.05) is 7.05 Å². The minimum Gasteiger partial charge on any atom is -0.508 e. The Bertz CT molecular complexity index is 936. The van der Waals surface area contributed by atoms with Gasteiger partial charge >= 0.3 is 5.97 Å². The molecule has 0 aliphatic carbocycles. The van der Waals surface area contributed by atoms with E-state index in [1.807, 2.05) is 0 Å². The summed E-state index contributed by atoms with van der Waals surface area (Å²) in [4.78, 5) is 29.4. The number of ether oxygens (including phenoxy) is 1. The number of carbonyl (C=O) groups excluding carboxylic acids is 1. The maximum atomic E-state index is 12.5. The lowest BCUT2D eigenvalue weighted by Gasteiger charge is -2.07. The zero-order chi connectivity index (χ0) is 20.1. The van der Waals surface area contributed by atoms with E-state index in [4.69, 9.17) is 9.84 Å². The van der Waals surface area contributed by atoms with Crippen molar-refractivity contribution in [2.75, 3.05) is 13.7 Å². The number of amidine groups is 1. The summed E-state index contributed by atoms with van der Waals surface area (Å²) in [5, 5.41) is 18.5. The van der Waals surface area contributed by atoms with Gasteiger partial charge in [-0.1, -0.05) is 12.1 Å². The molecule has 1 aliphatic heterocycles. The van der Waals surface area contributed by atoms with Gasteiger partial charge in [0.2, 0.25) is 0 Å². The summed E-state index contributed by atoms with van der Waals surface area (Å²) in [6.07, 6.45) is 1.70. The van der Waals surface area contributed by atoms with Crippen molar-refractivity contribution in [3.8, 4) is 11.5 Å². The number of aromatic hydroxyl groups is 1. The first kappa shape index (κ1) is 19.5. The first-order valence-corrected chi connectivity index (χ1v) is 9.24. The lowest BCUT2D eigenvalue weighted by atomic mass is 10.2. The molecule has 2 N–H and O–H groups in total. The maximum absolute atomic E-state index is 12.5. The van der Waals surface area contributed by atoms with Crippen LogP contribution in [-0.2, 0) is 9.59 Å². The van der Waals surface area contributed by atoms with Gasteiger partial charge in [0.25, 0.3) is 5.91 Å². The largest absolute Gasteiger partial charge is 0.508 e. The Kier molecular flexibility index (Phi) is 6.00. The molecule has 1 aliphatic rings. The van der Waals surface area contributed by atoms with Gasteiger partial charge in [-0.05, 0) is 59.8 Å². The fourth-order valence-corrected chi connectivity index (χ4v) is 3.34. The SMILES string of the molecule is CN1C(=O)/C(=C/c2ccc(OCCC(=O)O)cc2)SC1=Nc1ccc(O)cc1. The van der Waals surface area contributed by atoms with Crippen molar-refractivity contribution in [2.45, 2.75) is 6.42 Å². The van der Waals surface area contributed by atoms with E-state index in [2.05, 4.69) is 4.99 Å². The van der Waals surface area contributed by atoms with Gasteiger partial charge < -0.3 is 14.9 Å². The number of hydrogen-bond acceptors (Lipinski definition) is 6. The van der Waals surface area contributed by atoms with Gasteiger partial charge in [-0.15, -0.1) is 0 Å². The van der Waals surface area contributed by atoms with Crippen molar-refractivity contribution < 1.29 is 24.5 Å². The summed E-state index contributed by atoms with van der Waals surface area (Å²) in [6, 6.07) is 13.5. The van der Waals surface area contributed by atoms with Crippen LogP contribution in [0.5, 0.6) is 11.5 Å². The molecule has 0 saturated carbocycles. The normalized spacial score (nSPS) is 16.8. The highest BCUT2D eigenvalue weighted by Crippen LogP contribution is 2.33. The lowest BCUT2D eigenvalue weighted by molar-refractivity contribution is -0.137. The second kappa shape index (κ2) is 8.62. The minimum atomic E-state index is -0.910. The van der Waals surface area contributed by atoms with Crippen molar-refractivity contribution in [1.29, 1.82) is 0 Å². The van der Waals surface area contributed by atoms with Gasteiger partial charge in [-0.25, -0.2) is 4.99 Å². The molecule has 0 spiro atoms. The first-order valence-electron chi connectivity index (χ1n) is 8.42. The molecule has 8 heteroatoms. The highest BCUT2D eigenvalue weighted by atomic mass is 32.2. The minimum absolute atomic E-state index is 0.0631. The smallest absolute Gasteiger partial charge is 0.306 e. The van der Waals surface area contributed by atoms with Crippen molar-refractivity contribution in [1.82, 2.24) is 4.90 Å². The number of carboxylic acids is 1. The molecule has 0 unspecified atom stereocenters. The third-order valence-electron chi connectivity index (χ3n) is 3.84. The molecule has 3 rings (SSSR count). The van der Waals surface area contributed by atoms with E-state index < -0.39 is 5.97 Å². The summed E-state index contributed by atoms with van der Waals surface area (Å²) < 4.78 is 5.35. The lowest BCUT2D eigenvalue weighted by Crippen LogP contribution is -2.23. The fourth-order valence-electron chi connectivity index (χ4n) is 2.36. The van der Waals surface area contributed by atoms with Gasteiger partial charge in [0.15, 0.2) is 5.17 Å². The van der Waals surface area contributed by atoms with Crippen LogP contribution in [0.25, 0.3) is 6.08 Å². The third-order valence-corrected chi connectivity index (χ3v) is 4.90. The van der Waals surface area contributed by atoms with Crippen molar-refractivity contribution in [3.05, 3.63) is 59.0 Å². The Morgan fingerprint density at radius 1 is 1.18 bits per heavy atom. The average Bonchev–Trinajstić information content (AvgIpc) is 2.93. The number of carbonyl (C=O) groups is 2. The number of rotatable bonds is 6. The van der Waals surface area contributed by atoms with E-state index in [1.54, 1.807) is 49.5 Å². The van der Waals surface area contributed by atoms with E-state index in [9.17, 15) is 14.7 Å². The van der Waals surface area contributed by atoms with Crippen LogP contribution in [0.1, 0.15) is 12.0 Å². The molecule has 1 heterocycles. The van der Waals surface area contributed by atoms with E-state index >= 15 is 0 Å². The van der Waals surface area contributed by atoms with Crippen LogP contribution in [0.2, 0.25) is 0 Å². The molecule has 1 amide bonds. The van der Waals surface area contributed by atoms with Gasteiger partial charge in [-0.2, -0.15) is 0 Å². The number of aliphatic imine (C=N–C) groups is 1. The van der Waals surface area contributed by atoms with Gasteiger partial charge in [0.05, 0.1) is 23.6 Å². The molecular formula is C20H18N2O5S. The van der Waals surface area contributed by atoms with E-state index in [-0.39, 0.29) is 24.7 Å². The quantitative estimate of drug-likeness (QED) is 0.723. The molecule has 144 valence electrons. The molecule has 7 nitrogen and oxygen atoms in total. The number of benzene rings is 2. The van der Waals surface area contributed by atoms with E-state index in [1.165, 1.54) is 28.8 Å². The molecule has 0 radical (unpaired) electrons. The molecule has 1 fully saturated rings. The summed E-state index contributed by atoms with van der Waals surface area (Å²) in [6.45, 7) is 0.103. The van der Waals surface area contributed by atoms with Crippen molar-refractivity contribution in [3.63, 3.8) is 0 Å². The number of nitrogens with zero attached hydrogens (tertiary/aromatic N) is 2. The predicted molar refractivity (Wildman–Crippen MR) is 108 cm³/mol. The van der Waals surface area contributed by atoms with Crippen LogP contribution in [0, 0.1) is 0 Å². The van der Waals surface area contributed by atoms with Crippen LogP contribution in [0.4, 0.5) is 5.69 Å². The maximum Gasteiger partial charge on any atom is 0.306 e. The predicted octanol–water partition coefficient (Wildman–Crippen LogP) is 3.48. The first-order chi connectivity index (χ1) is 13.4. The van der Waals surface area contributed by atoms with Crippen molar-refractivity contribution in [2.24, 2.45) is 4.99 Å². The zero-order valence-electron chi connectivity index (χ0n) is 15.0. The Labute approximate surface area is 166 Å². The number of phenolic OH excluding ortho intramolecular Hbond substituents is 1. The highest BCUT2D eigenvalue weighted by Gasteiger charge is 2.30. The summed E-state index contributed by atoms with van der Waals surface area (Å²) >= 11 is 1.27. The molecule has 2 aromatic rings. The Balaban J connectivity index is 1.71. The van der Waals surface area contributed by atoms with Gasteiger partial charge in [0.1, 0.15) is 11.5 Å². The van der Waals surface area contributed by atoms with E-state index in [0.717, 1.165) is 5.56 Å². The molecule has 0 atom stereocenters. The summed E-state index contributed by atoms with van der Waals surface area (Å²) in [5.74, 6) is -0.333. The number of likely N-dealkylation sites (N-methyl/N-ethyl adjacent to an activating group) is 1. The Morgan fingerprint density at radius 3 is 2.50 bits per heavy atom. The molecule has 28 heavy (non-hydrogen) atoms. The average molecular weight is 398 g/mol. The fraction of sp³-hybridized carbons (Fsp3) is 0.150. The second-order valence-electron chi connectivity index (χ2n) is 5.95. The standard InChI is InChI=1S/C20H18N2O5S/c1-22-19(26)17(28-20(22)21-14-4-6-15(23)7-5-14)12-13-2-8-16(9-3-13)27-11-10-18(24)25/h2-9,12,23H,10-11H2,1H3,(H,24,25)/b17-12-,21-20?. The Hall–Kier alpha value is -3.26. The van der Waals surface area contributed by atoms with Crippen LogP contribution in [-0.4, -0.2) is 45.8 Å². The molecule has 0 aromatic heterocycles. The second-order valence-corrected chi connectivity index (χ2v) is 6.96. The molecule has 0 bridgehead atoms. The number of aliphatic carboxylic acids is 1. The van der Waals surface area contributed by atoms with Crippen LogP contribution < -0.4 is 4.74 Å². The van der Waals surface area contributed by atoms with Crippen LogP contribution in [0.3, 0.4) is 0 Å². The monoisotopic (exact) mass is 398 g/mol. The van der Waals surface area contributed by atoms with E-state index in [0.29, 0.717) is 21.5 Å². The number of hydrogen-bond donors (Lipinski definition) is 2. The summed E-state index contributed by atoms with van der Waals surface area (Å²) in [5.41, 5.74) is 1.46. The molecule has 2 aromatic carbocycles. The van der Waals surface area contributed by atoms with Gasteiger partial charge in [-0.3, -0.25) is 14.5 Å². The van der Waals surface area contributed by atoms with Crippen molar-refractivity contribution >= 4 is 40.6 Å². The van der Waals surface area contributed by atoms with Crippen LogP contribution in [0.15, 0.2) is 58.4 Å². The summed E-state index contributed by atoms with van der Waals surface area (Å²) in [7, 11) is 1.66. The topological polar surface area (TPSA) is 99.4 Å². The number of phenols is 1.